The van der Waals surface area contributed by atoms with Crippen molar-refractivity contribution in [1.82, 2.24) is 4.57 Å². The molecule has 156 valence electrons. The van der Waals surface area contributed by atoms with Crippen molar-refractivity contribution in [3.63, 3.8) is 0 Å². The number of hydrogen-bond donors (Lipinski definition) is 2. The Hall–Kier alpha value is -3.56. The summed E-state index contributed by atoms with van der Waals surface area (Å²) in [5.74, 6) is -1.49. The third-order valence-electron chi connectivity index (χ3n) is 4.80. The first-order valence-electron chi connectivity index (χ1n) is 9.14. The molecule has 1 heterocycles. The molecule has 31 heavy (non-hydrogen) atoms. The molecule has 0 bridgehead atoms. The first kappa shape index (κ1) is 20.7. The van der Waals surface area contributed by atoms with Gasteiger partial charge in [-0.05, 0) is 42.5 Å². The topological polar surface area (TPSA) is 117 Å². The van der Waals surface area contributed by atoms with Gasteiger partial charge in [-0.25, -0.2) is 10.0 Å². The van der Waals surface area contributed by atoms with Gasteiger partial charge >= 0.3 is 5.76 Å². The number of halogens is 1. The zero-order chi connectivity index (χ0) is 22.1. The Kier molecular flexibility index (Phi) is 5.53. The fraction of sp³-hybridized carbons (Fsp3) is 0.0455. The highest BCUT2D eigenvalue weighted by Gasteiger charge is 2.18. The van der Waals surface area contributed by atoms with Crippen LogP contribution in [0.5, 0.6) is 0 Å². The number of ketones is 2. The average Bonchev–Trinajstić information content (AvgIpc) is 3.08. The Bertz CT molecular complexity index is 1350. The minimum atomic E-state index is -1.10. The molecule has 0 fully saturated rings. The van der Waals surface area contributed by atoms with Crippen LogP contribution in [0.4, 0.5) is 5.69 Å². The number of carbonyl (C=O) groups is 2. The predicted molar refractivity (Wildman–Crippen MR) is 112 cm³/mol. The van der Waals surface area contributed by atoms with Crippen LogP contribution in [0.1, 0.15) is 26.3 Å². The summed E-state index contributed by atoms with van der Waals surface area (Å²) < 4.78 is 6.32. The van der Waals surface area contributed by atoms with Crippen molar-refractivity contribution in [3.05, 3.63) is 104 Å². The molecule has 1 unspecified atom stereocenters. The minimum absolute atomic E-state index is 0.0465. The smallest absolute Gasteiger partial charge is 0.420 e. The molecule has 9 heteroatoms. The number of aromatic nitrogens is 1. The fourth-order valence-corrected chi connectivity index (χ4v) is 3.41. The van der Waals surface area contributed by atoms with Gasteiger partial charge in [0.05, 0.1) is 17.1 Å². The number of Topliss-reactive ketones (excluding diaryl/α,β-unsaturated/α-hetero) is 1. The SMILES string of the molecule is O=C(Cn1c(=O)oc2ccc(C(=O)c3ccccc3Cl)cc21)c1ccc([NH+]([O-])O)cc1. The highest BCUT2D eigenvalue weighted by molar-refractivity contribution is 6.35. The van der Waals surface area contributed by atoms with E-state index in [1.165, 1.54) is 42.5 Å². The zero-order valence-corrected chi connectivity index (χ0v) is 16.6. The number of oxazole rings is 1. The van der Waals surface area contributed by atoms with Gasteiger partial charge in [-0.15, -0.1) is 0 Å². The first-order chi connectivity index (χ1) is 14.8. The van der Waals surface area contributed by atoms with Crippen LogP contribution >= 0.6 is 11.6 Å². The third-order valence-corrected chi connectivity index (χ3v) is 5.13. The second kappa shape index (κ2) is 8.29. The van der Waals surface area contributed by atoms with Crippen molar-refractivity contribution in [2.24, 2.45) is 0 Å². The van der Waals surface area contributed by atoms with Gasteiger partial charge in [-0.3, -0.25) is 14.2 Å². The lowest BCUT2D eigenvalue weighted by Gasteiger charge is -2.11. The molecular weight excluding hydrogens is 424 g/mol. The first-order valence-corrected chi connectivity index (χ1v) is 9.52. The van der Waals surface area contributed by atoms with Crippen molar-refractivity contribution in [1.29, 1.82) is 0 Å². The number of hydrogen-bond acceptors (Lipinski definition) is 6. The van der Waals surface area contributed by atoms with E-state index in [0.29, 0.717) is 16.1 Å². The Labute approximate surface area is 180 Å². The summed E-state index contributed by atoms with van der Waals surface area (Å²) in [7, 11) is 0. The molecule has 0 saturated heterocycles. The van der Waals surface area contributed by atoms with Gasteiger partial charge in [0, 0.05) is 28.8 Å². The summed E-state index contributed by atoms with van der Waals surface area (Å²) in [6.07, 6.45) is 0. The summed E-state index contributed by atoms with van der Waals surface area (Å²) in [4.78, 5) is 37.8. The Morgan fingerprint density at radius 3 is 2.39 bits per heavy atom. The maximum absolute atomic E-state index is 12.8. The molecule has 1 aromatic heterocycles. The van der Waals surface area contributed by atoms with Crippen LogP contribution < -0.4 is 11.0 Å². The minimum Gasteiger partial charge on any atom is -0.595 e. The van der Waals surface area contributed by atoms with E-state index in [1.54, 1.807) is 24.3 Å². The van der Waals surface area contributed by atoms with E-state index >= 15 is 0 Å². The summed E-state index contributed by atoms with van der Waals surface area (Å²) in [5, 5.41) is 19.1. The zero-order valence-electron chi connectivity index (χ0n) is 15.9. The van der Waals surface area contributed by atoms with Crippen molar-refractivity contribution < 1.29 is 24.4 Å². The number of nitrogens with one attached hydrogen (secondary N) is 1. The van der Waals surface area contributed by atoms with E-state index in [2.05, 4.69) is 0 Å². The van der Waals surface area contributed by atoms with Crippen LogP contribution in [0.3, 0.4) is 0 Å². The van der Waals surface area contributed by atoms with Crippen LogP contribution in [0.25, 0.3) is 11.1 Å². The molecule has 0 saturated carbocycles. The summed E-state index contributed by atoms with van der Waals surface area (Å²) in [6, 6.07) is 16.5. The molecule has 0 aliphatic carbocycles. The van der Waals surface area contributed by atoms with Crippen molar-refractivity contribution in [2.75, 3.05) is 0 Å². The van der Waals surface area contributed by atoms with Gasteiger partial charge < -0.3 is 9.62 Å². The molecule has 4 aromatic rings. The van der Waals surface area contributed by atoms with E-state index in [9.17, 15) is 19.6 Å². The van der Waals surface area contributed by atoms with Crippen molar-refractivity contribution >= 4 is 40.0 Å². The van der Waals surface area contributed by atoms with Gasteiger partial charge in [0.1, 0.15) is 0 Å². The summed E-state index contributed by atoms with van der Waals surface area (Å²) in [6.45, 7) is -0.331. The van der Waals surface area contributed by atoms with Crippen LogP contribution in [-0.2, 0) is 6.54 Å². The van der Waals surface area contributed by atoms with E-state index in [0.717, 1.165) is 4.57 Å². The quantitative estimate of drug-likeness (QED) is 0.353. The molecule has 8 nitrogen and oxygen atoms in total. The molecule has 4 rings (SSSR count). The predicted octanol–water partition coefficient (Wildman–Crippen LogP) is 2.77. The molecule has 0 amide bonds. The van der Waals surface area contributed by atoms with E-state index < -0.39 is 16.8 Å². The third kappa shape index (κ3) is 4.05. The molecule has 1 atom stereocenters. The van der Waals surface area contributed by atoms with Crippen LogP contribution in [0.2, 0.25) is 5.02 Å². The molecule has 3 aromatic carbocycles. The highest BCUT2D eigenvalue weighted by atomic mass is 35.5. The van der Waals surface area contributed by atoms with Crippen molar-refractivity contribution in [3.8, 4) is 0 Å². The van der Waals surface area contributed by atoms with E-state index in [4.69, 9.17) is 21.2 Å². The number of nitrogens with zero attached hydrogens (tertiary/aromatic N) is 1. The lowest BCUT2D eigenvalue weighted by Crippen LogP contribution is -2.99. The van der Waals surface area contributed by atoms with Crippen LogP contribution in [0.15, 0.2) is 75.9 Å². The Morgan fingerprint density at radius 2 is 1.71 bits per heavy atom. The fourth-order valence-electron chi connectivity index (χ4n) is 3.19. The number of fused-ring (bicyclic) bond motifs is 1. The molecule has 0 aliphatic rings. The van der Waals surface area contributed by atoms with E-state index in [1.807, 2.05) is 0 Å². The molecule has 0 spiro atoms. The molecular formula is C22H15ClN2O6. The molecule has 0 radical (unpaired) electrons. The van der Waals surface area contributed by atoms with Crippen molar-refractivity contribution in [2.45, 2.75) is 6.54 Å². The summed E-state index contributed by atoms with van der Waals surface area (Å²) >= 11 is 6.11. The van der Waals surface area contributed by atoms with Crippen LogP contribution in [-0.4, -0.2) is 21.3 Å². The van der Waals surface area contributed by atoms with E-state index in [-0.39, 0.29) is 34.7 Å². The average molecular weight is 439 g/mol. The summed E-state index contributed by atoms with van der Waals surface area (Å²) in [5.41, 5.74) is 1.41. The Balaban J connectivity index is 1.68. The lowest BCUT2D eigenvalue weighted by molar-refractivity contribution is -0.991. The largest absolute Gasteiger partial charge is 0.595 e. The van der Waals surface area contributed by atoms with Gasteiger partial charge in [0.15, 0.2) is 22.8 Å². The number of rotatable bonds is 6. The van der Waals surface area contributed by atoms with Gasteiger partial charge in [0.2, 0.25) is 0 Å². The number of quaternary nitrogens is 1. The Morgan fingerprint density at radius 1 is 1.03 bits per heavy atom. The van der Waals surface area contributed by atoms with Gasteiger partial charge in [0.25, 0.3) is 0 Å². The van der Waals surface area contributed by atoms with Gasteiger partial charge in [-0.2, -0.15) is 5.23 Å². The highest BCUT2D eigenvalue weighted by Crippen LogP contribution is 2.22. The second-order valence-corrected chi connectivity index (χ2v) is 7.16. The molecule has 0 aliphatic heterocycles. The molecule has 2 N–H and O–H groups in total. The number of carbonyl (C=O) groups excluding carboxylic acids is 2. The van der Waals surface area contributed by atoms with Crippen LogP contribution in [0, 0.1) is 5.21 Å². The van der Waals surface area contributed by atoms with Gasteiger partial charge in [-0.1, -0.05) is 23.7 Å². The normalized spacial score (nSPS) is 12.1. The maximum Gasteiger partial charge on any atom is 0.420 e. The number of benzene rings is 3. The monoisotopic (exact) mass is 438 g/mol. The lowest BCUT2D eigenvalue weighted by atomic mass is 10.0. The second-order valence-electron chi connectivity index (χ2n) is 6.75. The maximum atomic E-state index is 12.8. The standard InChI is InChI=1S/C22H15ClN2O6/c23-17-4-2-1-3-16(17)21(27)14-7-10-20-18(11-14)24(22(28)31-20)12-19(26)13-5-8-15(9-6-13)25(29)30/h1-11,25,29H,12H2.